The molecule has 1 amide bonds. The summed E-state index contributed by atoms with van der Waals surface area (Å²) in [5, 5.41) is 0. The number of carbonyl (C=O) groups is 1. The van der Waals surface area contributed by atoms with Gasteiger partial charge in [0.15, 0.2) is 6.10 Å². The minimum Gasteiger partial charge on any atom is -0.376 e. The zero-order chi connectivity index (χ0) is 13.9. The predicted octanol–water partition coefficient (Wildman–Crippen LogP) is 0.355. The fourth-order valence-electron chi connectivity index (χ4n) is 2.90. The highest BCUT2D eigenvalue weighted by Crippen LogP contribution is 2.27. The van der Waals surface area contributed by atoms with Crippen LogP contribution in [-0.2, 0) is 14.3 Å². The van der Waals surface area contributed by atoms with Crippen LogP contribution in [-0.4, -0.2) is 55.9 Å². The van der Waals surface area contributed by atoms with Crippen LogP contribution in [0.4, 0.5) is 0 Å². The zero-order valence-electron chi connectivity index (χ0n) is 11.4. The van der Waals surface area contributed by atoms with Crippen molar-refractivity contribution in [1.82, 2.24) is 4.90 Å². The lowest BCUT2D eigenvalue weighted by molar-refractivity contribution is -0.157. The second-order valence-corrected chi connectivity index (χ2v) is 5.36. The molecule has 5 nitrogen and oxygen atoms in total. The molecule has 2 saturated heterocycles. The van der Waals surface area contributed by atoms with Crippen LogP contribution in [0.3, 0.4) is 0 Å². The van der Waals surface area contributed by atoms with Crippen LogP contribution >= 0.6 is 0 Å². The second-order valence-electron chi connectivity index (χ2n) is 5.36. The Morgan fingerprint density at radius 3 is 2.70 bits per heavy atom. The molecule has 108 valence electrons. The molecule has 3 atom stereocenters. The van der Waals surface area contributed by atoms with Gasteiger partial charge in [-0.2, -0.15) is 0 Å². The number of hydrogen-bond acceptors (Lipinski definition) is 4. The second kappa shape index (κ2) is 5.91. The zero-order valence-corrected chi connectivity index (χ0v) is 11.4. The van der Waals surface area contributed by atoms with Crippen LogP contribution in [0, 0.1) is 0 Å². The maximum Gasteiger partial charge on any atom is 0.254 e. The number of nitrogens with two attached hydrogens (primary N) is 1. The number of rotatable bonds is 2. The number of likely N-dealkylation sites (tertiary alicyclic amines) is 1. The van der Waals surface area contributed by atoms with Gasteiger partial charge in [-0.3, -0.25) is 4.79 Å². The first-order valence-electron chi connectivity index (χ1n) is 7.04. The molecule has 1 aromatic carbocycles. The third-order valence-electron chi connectivity index (χ3n) is 4.00. The number of nitrogens with zero attached hydrogens (tertiary/aromatic N) is 1. The highest BCUT2D eigenvalue weighted by atomic mass is 16.6. The SMILES string of the molecule is N[C@@H]1CN(C(=O)C2COCCO2)C[C@H]1c1ccccc1. The van der Waals surface area contributed by atoms with Crippen LogP contribution in [0.2, 0.25) is 0 Å². The average Bonchev–Trinajstić information content (AvgIpc) is 2.90. The van der Waals surface area contributed by atoms with E-state index >= 15 is 0 Å². The van der Waals surface area contributed by atoms with Gasteiger partial charge < -0.3 is 20.1 Å². The standard InChI is InChI=1S/C15H20N2O3/c16-13-9-17(15(18)14-10-19-6-7-20-14)8-12(13)11-4-2-1-3-5-11/h1-5,12-14H,6-10,16H2/t12-,13+,14?/m0/s1. The Morgan fingerprint density at radius 1 is 1.20 bits per heavy atom. The normalized spacial score (nSPS) is 30.4. The van der Waals surface area contributed by atoms with Crippen LogP contribution < -0.4 is 5.73 Å². The van der Waals surface area contributed by atoms with Crippen molar-refractivity contribution < 1.29 is 14.3 Å². The Labute approximate surface area is 118 Å². The van der Waals surface area contributed by atoms with E-state index in [1.54, 1.807) is 0 Å². The Bertz CT molecular complexity index is 459. The summed E-state index contributed by atoms with van der Waals surface area (Å²) >= 11 is 0. The maximum absolute atomic E-state index is 12.4. The molecule has 20 heavy (non-hydrogen) atoms. The van der Waals surface area contributed by atoms with E-state index in [1.165, 1.54) is 5.56 Å². The molecule has 0 radical (unpaired) electrons. The first kappa shape index (κ1) is 13.5. The third kappa shape index (κ3) is 2.70. The molecule has 0 saturated carbocycles. The molecule has 0 bridgehead atoms. The Balaban J connectivity index is 1.67. The van der Waals surface area contributed by atoms with Gasteiger partial charge in [-0.25, -0.2) is 0 Å². The quantitative estimate of drug-likeness (QED) is 0.847. The van der Waals surface area contributed by atoms with Gasteiger partial charge in [-0.05, 0) is 5.56 Å². The number of benzene rings is 1. The van der Waals surface area contributed by atoms with E-state index in [0.717, 1.165) is 0 Å². The van der Waals surface area contributed by atoms with E-state index in [-0.39, 0.29) is 17.9 Å². The van der Waals surface area contributed by atoms with Crippen molar-refractivity contribution in [2.75, 3.05) is 32.9 Å². The van der Waals surface area contributed by atoms with E-state index in [9.17, 15) is 4.79 Å². The van der Waals surface area contributed by atoms with Gasteiger partial charge in [0.1, 0.15) is 0 Å². The van der Waals surface area contributed by atoms with Crippen LogP contribution in [0.25, 0.3) is 0 Å². The van der Waals surface area contributed by atoms with Crippen LogP contribution in [0.5, 0.6) is 0 Å². The molecule has 2 aliphatic rings. The van der Waals surface area contributed by atoms with Gasteiger partial charge in [0.05, 0.1) is 19.8 Å². The van der Waals surface area contributed by atoms with Crippen molar-refractivity contribution in [2.45, 2.75) is 18.1 Å². The summed E-state index contributed by atoms with van der Waals surface area (Å²) in [6, 6.07) is 10.1. The van der Waals surface area contributed by atoms with Crippen LogP contribution in [0.15, 0.2) is 30.3 Å². The lowest BCUT2D eigenvalue weighted by Gasteiger charge is -2.26. The van der Waals surface area contributed by atoms with Gasteiger partial charge in [-0.1, -0.05) is 30.3 Å². The van der Waals surface area contributed by atoms with Gasteiger partial charge in [0.2, 0.25) is 0 Å². The third-order valence-corrected chi connectivity index (χ3v) is 4.00. The molecule has 1 unspecified atom stereocenters. The summed E-state index contributed by atoms with van der Waals surface area (Å²) in [4.78, 5) is 14.2. The van der Waals surface area contributed by atoms with E-state index in [2.05, 4.69) is 12.1 Å². The summed E-state index contributed by atoms with van der Waals surface area (Å²) in [5.41, 5.74) is 7.39. The largest absolute Gasteiger partial charge is 0.376 e. The Hall–Kier alpha value is -1.43. The van der Waals surface area contributed by atoms with Crippen molar-refractivity contribution >= 4 is 5.91 Å². The molecule has 5 heteroatoms. The Morgan fingerprint density at radius 2 is 2.00 bits per heavy atom. The lowest BCUT2D eigenvalue weighted by Crippen LogP contribution is -2.45. The lowest BCUT2D eigenvalue weighted by atomic mass is 9.95. The number of ether oxygens (including phenoxy) is 2. The fraction of sp³-hybridized carbons (Fsp3) is 0.533. The molecule has 2 aliphatic heterocycles. The summed E-state index contributed by atoms with van der Waals surface area (Å²) in [6.45, 7) is 2.64. The molecule has 2 heterocycles. The van der Waals surface area contributed by atoms with Crippen molar-refractivity contribution in [2.24, 2.45) is 5.73 Å². The highest BCUT2D eigenvalue weighted by molar-refractivity contribution is 5.81. The van der Waals surface area contributed by atoms with Gasteiger partial charge in [-0.15, -0.1) is 0 Å². The number of amides is 1. The molecule has 0 aromatic heterocycles. The molecular weight excluding hydrogens is 256 g/mol. The predicted molar refractivity (Wildman–Crippen MR) is 74.3 cm³/mol. The van der Waals surface area contributed by atoms with Crippen molar-refractivity contribution in [3.8, 4) is 0 Å². The topological polar surface area (TPSA) is 64.8 Å². The van der Waals surface area contributed by atoms with E-state index in [0.29, 0.717) is 32.9 Å². The van der Waals surface area contributed by atoms with Crippen molar-refractivity contribution in [3.63, 3.8) is 0 Å². The molecular formula is C15H20N2O3. The smallest absolute Gasteiger partial charge is 0.254 e. The van der Waals surface area contributed by atoms with Gasteiger partial charge in [0.25, 0.3) is 5.91 Å². The summed E-state index contributed by atoms with van der Waals surface area (Å²) in [7, 11) is 0. The summed E-state index contributed by atoms with van der Waals surface area (Å²) in [6.07, 6.45) is -0.467. The molecule has 2 fully saturated rings. The monoisotopic (exact) mass is 276 g/mol. The van der Waals surface area contributed by atoms with Crippen molar-refractivity contribution in [1.29, 1.82) is 0 Å². The average molecular weight is 276 g/mol. The Kier molecular flexibility index (Phi) is 4.00. The van der Waals surface area contributed by atoms with Gasteiger partial charge in [0, 0.05) is 25.0 Å². The van der Waals surface area contributed by atoms with E-state index in [1.807, 2.05) is 23.1 Å². The van der Waals surface area contributed by atoms with Gasteiger partial charge >= 0.3 is 0 Å². The van der Waals surface area contributed by atoms with Crippen LogP contribution in [0.1, 0.15) is 11.5 Å². The molecule has 0 spiro atoms. The van der Waals surface area contributed by atoms with E-state index < -0.39 is 6.10 Å². The minimum absolute atomic E-state index is 0.00131. The van der Waals surface area contributed by atoms with Crippen molar-refractivity contribution in [3.05, 3.63) is 35.9 Å². The number of hydrogen-bond donors (Lipinski definition) is 1. The first-order valence-corrected chi connectivity index (χ1v) is 7.04. The summed E-state index contributed by atoms with van der Waals surface area (Å²) < 4.78 is 10.8. The first-order chi connectivity index (χ1) is 9.75. The molecule has 3 rings (SSSR count). The maximum atomic E-state index is 12.4. The number of carbonyl (C=O) groups excluding carboxylic acids is 1. The van der Waals surface area contributed by atoms with E-state index in [4.69, 9.17) is 15.2 Å². The fourth-order valence-corrected chi connectivity index (χ4v) is 2.90. The molecule has 2 N–H and O–H groups in total. The molecule has 0 aliphatic carbocycles. The molecule has 1 aromatic rings. The minimum atomic E-state index is -0.467. The summed E-state index contributed by atoms with van der Waals surface area (Å²) in [5.74, 6) is 0.197. The highest BCUT2D eigenvalue weighted by Gasteiger charge is 2.37.